The zero-order valence-corrected chi connectivity index (χ0v) is 31.5. The van der Waals surface area contributed by atoms with Crippen molar-refractivity contribution < 1.29 is 18.4 Å². The van der Waals surface area contributed by atoms with Gasteiger partial charge < -0.3 is 9.32 Å². The van der Waals surface area contributed by atoms with E-state index in [1.807, 2.05) is 49.4 Å². The van der Waals surface area contributed by atoms with Crippen LogP contribution in [-0.2, 0) is 12.8 Å². The van der Waals surface area contributed by atoms with Crippen LogP contribution in [-0.4, -0.2) is 49.8 Å². The third-order valence-electron chi connectivity index (χ3n) is 10.2. The number of fused-ring (bicyclic) bond motifs is 2. The van der Waals surface area contributed by atoms with Crippen molar-refractivity contribution in [3.8, 4) is 44.2 Å². The maximum Gasteiger partial charge on any atom is 0.266 e. The Hall–Kier alpha value is -5.42. The van der Waals surface area contributed by atoms with E-state index in [9.17, 15) is 14.0 Å². The summed E-state index contributed by atoms with van der Waals surface area (Å²) < 4.78 is 20.2. The number of nitrogens with zero attached hydrogens (tertiary/aromatic N) is 6. The van der Waals surface area contributed by atoms with Crippen molar-refractivity contribution >= 4 is 28.6 Å². The molecule has 11 heteroatoms. The van der Waals surface area contributed by atoms with E-state index in [4.69, 9.17) is 9.40 Å². The Morgan fingerprint density at radius 2 is 1.52 bits per heavy atom. The summed E-state index contributed by atoms with van der Waals surface area (Å²) in [7, 11) is 0. The molecule has 4 aromatic heterocycles. The van der Waals surface area contributed by atoms with Crippen LogP contribution >= 0.6 is 11.3 Å². The Labute approximate surface area is 317 Å². The molecule has 1 aliphatic heterocycles. The lowest BCUT2D eigenvalue weighted by Crippen LogP contribution is -2.29. The Balaban J connectivity index is 0.000000160. The molecule has 274 valence electrons. The van der Waals surface area contributed by atoms with Crippen LogP contribution in [0.5, 0.6) is 0 Å². The number of benzene rings is 2. The van der Waals surface area contributed by atoms with Gasteiger partial charge in [-0.15, -0.1) is 21.5 Å². The van der Waals surface area contributed by atoms with E-state index in [1.165, 1.54) is 17.8 Å². The first-order valence-electron chi connectivity index (χ1n) is 18.6. The van der Waals surface area contributed by atoms with Crippen LogP contribution in [0.1, 0.15) is 90.0 Å². The number of hydrogen-bond donors (Lipinski definition) is 0. The van der Waals surface area contributed by atoms with Gasteiger partial charge in [-0.25, -0.2) is 19.3 Å². The molecule has 3 aliphatic rings. The number of halogens is 1. The number of hydrogen-bond acceptors (Lipinski definition) is 10. The van der Waals surface area contributed by atoms with E-state index in [-0.39, 0.29) is 22.8 Å². The van der Waals surface area contributed by atoms with Crippen molar-refractivity contribution in [2.24, 2.45) is 5.41 Å². The van der Waals surface area contributed by atoms with Crippen molar-refractivity contribution in [1.82, 2.24) is 25.1 Å². The number of piperidine rings is 1. The maximum atomic E-state index is 14.4. The Kier molecular flexibility index (Phi) is 9.74. The Morgan fingerprint density at radius 1 is 0.759 bits per heavy atom. The molecule has 0 spiro atoms. The minimum Gasteiger partial charge on any atom is -0.415 e. The smallest absolute Gasteiger partial charge is 0.266 e. The van der Waals surface area contributed by atoms with Crippen molar-refractivity contribution in [3.63, 3.8) is 0 Å². The molecular weight excluding hydrogens is 700 g/mol. The van der Waals surface area contributed by atoms with E-state index in [2.05, 4.69) is 45.0 Å². The number of anilines is 1. The van der Waals surface area contributed by atoms with Gasteiger partial charge in [0, 0.05) is 54.5 Å². The SMILES string of the molecule is CC1(C)CC(=O)c2ccc(-c3ncc(-c4cc(F)cc(N5CCCCC5)c4)s3)nc2C1.Cc1cccc(-c2nnc(-c3ccc4c(n3)CCCC4=O)o2)c1. The Morgan fingerprint density at radius 3 is 2.33 bits per heavy atom. The summed E-state index contributed by atoms with van der Waals surface area (Å²) in [6, 6.07) is 20.5. The molecule has 1 fully saturated rings. The minimum absolute atomic E-state index is 0.0733. The number of aromatic nitrogens is 5. The average molecular weight is 741 g/mol. The van der Waals surface area contributed by atoms with Gasteiger partial charge in [0.2, 0.25) is 5.89 Å². The minimum atomic E-state index is -0.222. The summed E-state index contributed by atoms with van der Waals surface area (Å²) in [5.41, 5.74) is 8.26. The zero-order valence-electron chi connectivity index (χ0n) is 30.7. The van der Waals surface area contributed by atoms with Gasteiger partial charge in [0.05, 0.1) is 22.0 Å². The number of carbonyl (C=O) groups is 2. The van der Waals surface area contributed by atoms with E-state index in [0.29, 0.717) is 30.3 Å². The van der Waals surface area contributed by atoms with Crippen molar-refractivity contribution in [1.29, 1.82) is 0 Å². The van der Waals surface area contributed by atoms with E-state index in [0.717, 1.165) is 106 Å². The highest BCUT2D eigenvalue weighted by Gasteiger charge is 2.32. The number of ketones is 2. The lowest BCUT2D eigenvalue weighted by atomic mass is 9.75. The number of Topliss-reactive ketones (excluding diaryl/α,β-unsaturated/α-hetero) is 2. The largest absolute Gasteiger partial charge is 0.415 e. The van der Waals surface area contributed by atoms with Crippen LogP contribution in [0.25, 0.3) is 44.2 Å². The number of rotatable bonds is 5. The third-order valence-corrected chi connectivity index (χ3v) is 11.2. The van der Waals surface area contributed by atoms with Crippen LogP contribution in [0.3, 0.4) is 0 Å². The molecule has 54 heavy (non-hydrogen) atoms. The standard InChI is InChI=1S/C25H26FN3OS.C18H15N3O2/c1-25(2)13-21-19(22(30)14-25)6-7-20(28-21)24-27-15-23(31-24)16-10-17(26)12-18(11-16)29-8-4-3-5-9-29;1-11-4-2-5-12(10-11)17-20-21-18(23-17)15-9-8-13-14(19-15)6-3-7-16(13)22/h6-7,10-12,15H,3-5,8-9,13-14H2,1-2H3;2,4-5,8-10H,3,6-7H2,1H3. The van der Waals surface area contributed by atoms with Crippen LogP contribution in [0.4, 0.5) is 10.1 Å². The van der Waals surface area contributed by atoms with E-state index in [1.54, 1.807) is 24.4 Å². The number of pyridine rings is 2. The third kappa shape index (κ3) is 7.64. The van der Waals surface area contributed by atoms with Gasteiger partial charge in [-0.1, -0.05) is 31.5 Å². The molecule has 9 nitrogen and oxygen atoms in total. The van der Waals surface area contributed by atoms with Crippen molar-refractivity contribution in [2.45, 2.75) is 72.1 Å². The molecule has 1 saturated heterocycles. The van der Waals surface area contributed by atoms with Crippen LogP contribution in [0.2, 0.25) is 0 Å². The van der Waals surface area contributed by atoms with E-state index < -0.39 is 0 Å². The van der Waals surface area contributed by atoms with Gasteiger partial charge in [-0.2, -0.15) is 0 Å². The second-order valence-electron chi connectivity index (χ2n) is 15.2. The average Bonchev–Trinajstić information content (AvgIpc) is 3.86. The van der Waals surface area contributed by atoms with Gasteiger partial charge in [-0.3, -0.25) is 9.59 Å². The molecule has 0 amide bonds. The normalized spacial score (nSPS) is 16.3. The van der Waals surface area contributed by atoms with Crippen LogP contribution < -0.4 is 4.90 Å². The van der Waals surface area contributed by atoms with Crippen LogP contribution in [0.15, 0.2) is 77.3 Å². The number of carbonyl (C=O) groups excluding carboxylic acids is 2. The molecule has 2 aliphatic carbocycles. The predicted molar refractivity (Wildman–Crippen MR) is 208 cm³/mol. The first-order chi connectivity index (χ1) is 26.1. The van der Waals surface area contributed by atoms with Crippen LogP contribution in [0, 0.1) is 18.2 Å². The number of thiazole rings is 1. The van der Waals surface area contributed by atoms with Gasteiger partial charge in [-0.05, 0) is 111 Å². The zero-order chi connectivity index (χ0) is 37.4. The first kappa shape index (κ1) is 35.6. The van der Waals surface area contributed by atoms with Gasteiger partial charge >= 0.3 is 0 Å². The van der Waals surface area contributed by atoms with E-state index >= 15 is 0 Å². The molecule has 9 rings (SSSR count). The molecule has 0 atom stereocenters. The van der Waals surface area contributed by atoms with Crippen molar-refractivity contribution in [2.75, 3.05) is 18.0 Å². The lowest BCUT2D eigenvalue weighted by molar-refractivity contribution is 0.0909. The van der Waals surface area contributed by atoms with Crippen molar-refractivity contribution in [3.05, 3.63) is 107 Å². The summed E-state index contributed by atoms with van der Waals surface area (Å²) in [6.45, 7) is 8.18. The number of aryl methyl sites for hydroxylation is 2. The molecule has 0 radical (unpaired) electrons. The molecule has 2 aromatic carbocycles. The van der Waals surface area contributed by atoms with Gasteiger partial charge in [0.1, 0.15) is 16.5 Å². The first-order valence-corrected chi connectivity index (χ1v) is 19.4. The maximum absolute atomic E-state index is 14.4. The second kappa shape index (κ2) is 14.8. The molecule has 0 bridgehead atoms. The lowest BCUT2D eigenvalue weighted by Gasteiger charge is -2.29. The second-order valence-corrected chi connectivity index (χ2v) is 16.2. The fraction of sp³-hybridized carbons (Fsp3) is 0.326. The highest BCUT2D eigenvalue weighted by Crippen LogP contribution is 2.38. The Bertz CT molecular complexity index is 2380. The van der Waals surface area contributed by atoms with Gasteiger partial charge in [0.25, 0.3) is 5.89 Å². The summed E-state index contributed by atoms with van der Waals surface area (Å²) >= 11 is 1.51. The predicted octanol–water partition coefficient (Wildman–Crippen LogP) is 9.78. The highest BCUT2D eigenvalue weighted by molar-refractivity contribution is 7.18. The molecule has 0 unspecified atom stereocenters. The monoisotopic (exact) mass is 740 g/mol. The molecule has 0 saturated carbocycles. The molecular formula is C43H41FN6O3S. The fourth-order valence-electron chi connectivity index (χ4n) is 7.47. The molecule has 0 N–H and O–H groups in total. The summed E-state index contributed by atoms with van der Waals surface area (Å²) in [5.74, 6) is 0.953. The van der Waals surface area contributed by atoms with Gasteiger partial charge in [0.15, 0.2) is 11.6 Å². The molecule has 5 heterocycles. The topological polar surface area (TPSA) is 115 Å². The summed E-state index contributed by atoms with van der Waals surface area (Å²) in [5, 5.41) is 8.99. The quantitative estimate of drug-likeness (QED) is 0.170. The summed E-state index contributed by atoms with van der Waals surface area (Å²) in [6.07, 6.45) is 8.95. The fourth-order valence-corrected chi connectivity index (χ4v) is 8.34. The summed E-state index contributed by atoms with van der Waals surface area (Å²) in [4.78, 5) is 41.4. The highest BCUT2D eigenvalue weighted by atomic mass is 32.1. The molecule has 6 aromatic rings.